The van der Waals surface area contributed by atoms with Crippen molar-refractivity contribution in [3.05, 3.63) is 54.6 Å². The van der Waals surface area contributed by atoms with Gasteiger partial charge in [0, 0.05) is 30.4 Å². The predicted molar refractivity (Wildman–Crippen MR) is 60.2 cm³/mol. The van der Waals surface area contributed by atoms with E-state index in [0.29, 0.717) is 0 Å². The van der Waals surface area contributed by atoms with Gasteiger partial charge in [-0.05, 0) is 18.2 Å². The van der Waals surface area contributed by atoms with E-state index in [0.717, 1.165) is 5.56 Å². The van der Waals surface area contributed by atoms with Gasteiger partial charge in [0.05, 0.1) is 0 Å². The first-order valence-electron chi connectivity index (χ1n) is 4.82. The Bertz CT molecular complexity index is 464. The first kappa shape index (κ1) is 10.2. The number of aromatic nitrogens is 2. The largest absolute Gasteiger partial charge is 0.409 e. The molecule has 2 aromatic heterocycles. The van der Waals surface area contributed by atoms with Crippen molar-refractivity contribution in [3.8, 4) is 0 Å². The summed E-state index contributed by atoms with van der Waals surface area (Å²) in [6.45, 7) is 0. The highest BCUT2D eigenvalue weighted by molar-refractivity contribution is 5.86. The summed E-state index contributed by atoms with van der Waals surface area (Å²) in [5, 5.41) is 11.9. The molecule has 3 N–H and O–H groups in total. The summed E-state index contributed by atoms with van der Waals surface area (Å²) in [5.74, 6) is 0.129. The van der Waals surface area contributed by atoms with Crippen LogP contribution in [0.1, 0.15) is 11.6 Å². The van der Waals surface area contributed by atoms with Gasteiger partial charge in [-0.25, -0.2) is 0 Å². The van der Waals surface area contributed by atoms with Crippen molar-refractivity contribution in [2.45, 2.75) is 6.04 Å². The van der Waals surface area contributed by atoms with Crippen LogP contribution in [0.4, 0.5) is 0 Å². The fraction of sp³-hybridized carbons (Fsp3) is 0.0909. The van der Waals surface area contributed by atoms with Crippen molar-refractivity contribution in [3.63, 3.8) is 0 Å². The SMILES string of the molecule is N/C(=N\O)C(c1cccnc1)n1cccc1. The second-order valence-corrected chi connectivity index (χ2v) is 3.34. The molecule has 0 radical (unpaired) electrons. The van der Waals surface area contributed by atoms with E-state index in [1.54, 1.807) is 12.4 Å². The van der Waals surface area contributed by atoms with Crippen molar-refractivity contribution in [1.82, 2.24) is 9.55 Å². The van der Waals surface area contributed by atoms with E-state index in [1.807, 2.05) is 41.2 Å². The lowest BCUT2D eigenvalue weighted by molar-refractivity contribution is 0.315. The molecule has 0 saturated carbocycles. The molecule has 0 spiro atoms. The van der Waals surface area contributed by atoms with E-state index in [1.165, 1.54) is 0 Å². The van der Waals surface area contributed by atoms with Gasteiger partial charge < -0.3 is 15.5 Å². The third kappa shape index (κ3) is 1.88. The molecule has 0 amide bonds. The predicted octanol–water partition coefficient (Wildman–Crippen LogP) is 1.22. The van der Waals surface area contributed by atoms with Gasteiger partial charge >= 0.3 is 0 Å². The average molecular weight is 216 g/mol. The zero-order valence-electron chi connectivity index (χ0n) is 8.56. The van der Waals surface area contributed by atoms with Crippen LogP contribution < -0.4 is 5.73 Å². The standard InChI is InChI=1S/C11H12N4O/c12-11(14-16)10(15-6-1-2-7-15)9-4-3-5-13-8-9/h1-8,10,16H,(H2,12,14). The molecule has 2 heterocycles. The molecule has 0 fully saturated rings. The van der Waals surface area contributed by atoms with Crippen LogP contribution in [0.3, 0.4) is 0 Å². The quantitative estimate of drug-likeness (QED) is 0.350. The van der Waals surface area contributed by atoms with E-state index in [4.69, 9.17) is 10.9 Å². The summed E-state index contributed by atoms with van der Waals surface area (Å²) in [6, 6.07) is 7.14. The van der Waals surface area contributed by atoms with E-state index < -0.39 is 0 Å². The smallest absolute Gasteiger partial charge is 0.166 e. The van der Waals surface area contributed by atoms with Crippen molar-refractivity contribution in [2.75, 3.05) is 0 Å². The number of hydrogen-bond acceptors (Lipinski definition) is 3. The van der Waals surface area contributed by atoms with E-state index in [2.05, 4.69) is 10.1 Å². The molecular weight excluding hydrogens is 204 g/mol. The monoisotopic (exact) mass is 216 g/mol. The minimum atomic E-state index is -0.325. The van der Waals surface area contributed by atoms with Crippen LogP contribution in [-0.4, -0.2) is 20.6 Å². The van der Waals surface area contributed by atoms with Gasteiger partial charge in [-0.2, -0.15) is 0 Å². The Balaban J connectivity index is 2.45. The topological polar surface area (TPSA) is 76.4 Å². The first-order chi connectivity index (χ1) is 7.83. The third-order valence-corrected chi connectivity index (χ3v) is 2.32. The summed E-state index contributed by atoms with van der Waals surface area (Å²) in [5.41, 5.74) is 6.56. The maximum Gasteiger partial charge on any atom is 0.166 e. The van der Waals surface area contributed by atoms with Crippen LogP contribution in [0.2, 0.25) is 0 Å². The Morgan fingerprint density at radius 1 is 1.38 bits per heavy atom. The minimum Gasteiger partial charge on any atom is -0.409 e. The zero-order chi connectivity index (χ0) is 11.4. The van der Waals surface area contributed by atoms with Crippen molar-refractivity contribution in [1.29, 1.82) is 0 Å². The molecule has 0 aliphatic rings. The van der Waals surface area contributed by atoms with Crippen LogP contribution in [0.25, 0.3) is 0 Å². The molecule has 5 heteroatoms. The second kappa shape index (κ2) is 4.48. The summed E-state index contributed by atoms with van der Waals surface area (Å²) >= 11 is 0. The second-order valence-electron chi connectivity index (χ2n) is 3.34. The summed E-state index contributed by atoms with van der Waals surface area (Å²) < 4.78 is 1.85. The number of pyridine rings is 1. The number of nitrogens with two attached hydrogens (primary N) is 1. The molecule has 1 unspecified atom stereocenters. The summed E-state index contributed by atoms with van der Waals surface area (Å²) in [4.78, 5) is 4.03. The van der Waals surface area contributed by atoms with E-state index >= 15 is 0 Å². The molecule has 0 bridgehead atoms. The molecule has 1 atom stereocenters. The van der Waals surface area contributed by atoms with Crippen LogP contribution >= 0.6 is 0 Å². The Morgan fingerprint density at radius 3 is 2.69 bits per heavy atom. The Morgan fingerprint density at radius 2 is 2.12 bits per heavy atom. The maximum absolute atomic E-state index is 8.79. The van der Waals surface area contributed by atoms with Crippen LogP contribution in [-0.2, 0) is 0 Å². The van der Waals surface area contributed by atoms with Crippen molar-refractivity contribution in [2.24, 2.45) is 10.9 Å². The Hall–Kier alpha value is -2.30. The molecule has 5 nitrogen and oxygen atoms in total. The third-order valence-electron chi connectivity index (χ3n) is 2.32. The van der Waals surface area contributed by atoms with Gasteiger partial charge in [0.15, 0.2) is 5.84 Å². The van der Waals surface area contributed by atoms with E-state index in [9.17, 15) is 0 Å². The van der Waals surface area contributed by atoms with Crippen LogP contribution in [0, 0.1) is 0 Å². The lowest BCUT2D eigenvalue weighted by Gasteiger charge is -2.17. The van der Waals surface area contributed by atoms with Crippen LogP contribution in [0.5, 0.6) is 0 Å². The lowest BCUT2D eigenvalue weighted by Crippen LogP contribution is -2.27. The summed E-state index contributed by atoms with van der Waals surface area (Å²) in [7, 11) is 0. The zero-order valence-corrected chi connectivity index (χ0v) is 8.56. The Labute approximate surface area is 92.8 Å². The molecule has 0 aromatic carbocycles. The normalized spacial score (nSPS) is 13.6. The molecule has 2 aromatic rings. The highest BCUT2D eigenvalue weighted by Gasteiger charge is 2.17. The van der Waals surface area contributed by atoms with Gasteiger partial charge in [-0.1, -0.05) is 11.2 Å². The van der Waals surface area contributed by atoms with Crippen molar-refractivity contribution >= 4 is 5.84 Å². The molecule has 0 saturated heterocycles. The molecule has 0 aliphatic heterocycles. The maximum atomic E-state index is 8.79. The molecule has 82 valence electrons. The van der Waals surface area contributed by atoms with Gasteiger partial charge in [-0.3, -0.25) is 4.98 Å². The number of rotatable bonds is 3. The van der Waals surface area contributed by atoms with E-state index in [-0.39, 0.29) is 11.9 Å². The molecular formula is C11H12N4O. The van der Waals surface area contributed by atoms with Gasteiger partial charge in [0.25, 0.3) is 0 Å². The van der Waals surface area contributed by atoms with Gasteiger partial charge in [-0.15, -0.1) is 0 Å². The lowest BCUT2D eigenvalue weighted by atomic mass is 10.1. The summed E-state index contributed by atoms with van der Waals surface area (Å²) in [6.07, 6.45) is 7.09. The molecule has 0 aliphatic carbocycles. The number of hydrogen-bond donors (Lipinski definition) is 2. The highest BCUT2D eigenvalue weighted by Crippen LogP contribution is 2.17. The Kier molecular flexibility index (Phi) is 2.86. The fourth-order valence-corrected chi connectivity index (χ4v) is 1.61. The number of amidine groups is 1. The van der Waals surface area contributed by atoms with Crippen molar-refractivity contribution < 1.29 is 5.21 Å². The van der Waals surface area contributed by atoms with Gasteiger partial charge in [0.1, 0.15) is 6.04 Å². The van der Waals surface area contributed by atoms with Gasteiger partial charge in [0.2, 0.25) is 0 Å². The fourth-order valence-electron chi connectivity index (χ4n) is 1.61. The average Bonchev–Trinajstić information content (AvgIpc) is 2.84. The minimum absolute atomic E-state index is 0.129. The number of oxime groups is 1. The molecule has 16 heavy (non-hydrogen) atoms. The van der Waals surface area contributed by atoms with Crippen LogP contribution in [0.15, 0.2) is 54.2 Å². The highest BCUT2D eigenvalue weighted by atomic mass is 16.4. The molecule has 2 rings (SSSR count). The number of nitrogens with zero attached hydrogens (tertiary/aromatic N) is 3. The first-order valence-corrected chi connectivity index (χ1v) is 4.82.